The number of para-hydroxylation sites is 1. The monoisotopic (exact) mass is 266 g/mol. The van der Waals surface area contributed by atoms with Crippen LogP contribution < -0.4 is 11.1 Å². The van der Waals surface area contributed by atoms with Crippen molar-refractivity contribution in [2.75, 3.05) is 37.9 Å². The number of methoxy groups -OCH3 is 1. The van der Waals surface area contributed by atoms with E-state index >= 15 is 0 Å². The molecule has 0 amide bonds. The zero-order valence-electron chi connectivity index (χ0n) is 11.6. The topological polar surface area (TPSA) is 73.6 Å². The normalized spacial score (nSPS) is 10.2. The largest absolute Gasteiger partial charge is 0.462 e. The first-order valence-electron chi connectivity index (χ1n) is 6.49. The van der Waals surface area contributed by atoms with E-state index in [4.69, 9.17) is 15.2 Å². The highest BCUT2D eigenvalue weighted by Gasteiger charge is 2.14. The van der Waals surface area contributed by atoms with Gasteiger partial charge in [-0.05, 0) is 31.9 Å². The molecule has 0 aliphatic rings. The number of esters is 1. The van der Waals surface area contributed by atoms with E-state index < -0.39 is 0 Å². The third kappa shape index (κ3) is 4.79. The van der Waals surface area contributed by atoms with Gasteiger partial charge in [-0.2, -0.15) is 0 Å². The lowest BCUT2D eigenvalue weighted by molar-refractivity contribution is 0.0527. The Kier molecular flexibility index (Phi) is 6.74. The Morgan fingerprint density at radius 3 is 2.84 bits per heavy atom. The Morgan fingerprint density at radius 1 is 1.37 bits per heavy atom. The second kappa shape index (κ2) is 8.37. The maximum atomic E-state index is 11.8. The minimum Gasteiger partial charge on any atom is -0.462 e. The molecule has 0 atom stereocenters. The number of hydrogen-bond donors (Lipinski definition) is 2. The number of nitrogen functional groups attached to an aromatic ring is 1. The minimum absolute atomic E-state index is 0.348. The van der Waals surface area contributed by atoms with Crippen molar-refractivity contribution < 1.29 is 14.3 Å². The SMILES string of the molecule is CCOC(=O)c1cccc(N)c1NCCCCOC. The van der Waals surface area contributed by atoms with Crippen LogP contribution in [0.3, 0.4) is 0 Å². The molecule has 0 radical (unpaired) electrons. The molecule has 5 heteroatoms. The third-order valence-corrected chi connectivity index (χ3v) is 2.67. The van der Waals surface area contributed by atoms with Gasteiger partial charge in [-0.1, -0.05) is 6.07 Å². The van der Waals surface area contributed by atoms with Crippen LogP contribution >= 0.6 is 0 Å². The molecule has 0 fully saturated rings. The first-order chi connectivity index (χ1) is 9.20. The van der Waals surface area contributed by atoms with Gasteiger partial charge in [-0.3, -0.25) is 0 Å². The van der Waals surface area contributed by atoms with Crippen molar-refractivity contribution in [3.05, 3.63) is 23.8 Å². The van der Waals surface area contributed by atoms with E-state index in [1.807, 2.05) is 0 Å². The fourth-order valence-corrected chi connectivity index (χ4v) is 1.73. The van der Waals surface area contributed by atoms with Crippen molar-refractivity contribution in [1.82, 2.24) is 0 Å². The number of carbonyl (C=O) groups excluding carboxylic acids is 1. The van der Waals surface area contributed by atoms with E-state index in [-0.39, 0.29) is 5.97 Å². The van der Waals surface area contributed by atoms with Crippen LogP contribution in [0.4, 0.5) is 11.4 Å². The van der Waals surface area contributed by atoms with Crippen molar-refractivity contribution in [3.63, 3.8) is 0 Å². The lowest BCUT2D eigenvalue weighted by Crippen LogP contribution is -2.12. The van der Waals surface area contributed by atoms with E-state index in [0.29, 0.717) is 23.5 Å². The average molecular weight is 266 g/mol. The maximum absolute atomic E-state index is 11.8. The molecule has 0 saturated carbocycles. The van der Waals surface area contributed by atoms with Crippen LogP contribution in [-0.2, 0) is 9.47 Å². The van der Waals surface area contributed by atoms with Gasteiger partial charge >= 0.3 is 5.97 Å². The molecular weight excluding hydrogens is 244 g/mol. The van der Waals surface area contributed by atoms with Crippen LogP contribution in [0.15, 0.2) is 18.2 Å². The Hall–Kier alpha value is -1.75. The summed E-state index contributed by atoms with van der Waals surface area (Å²) in [6.07, 6.45) is 1.91. The van der Waals surface area contributed by atoms with Crippen LogP contribution in [0, 0.1) is 0 Å². The number of nitrogens with two attached hydrogens (primary N) is 1. The summed E-state index contributed by atoms with van der Waals surface area (Å²) in [7, 11) is 1.68. The number of benzene rings is 1. The fraction of sp³-hybridized carbons (Fsp3) is 0.500. The molecule has 5 nitrogen and oxygen atoms in total. The van der Waals surface area contributed by atoms with E-state index in [9.17, 15) is 4.79 Å². The van der Waals surface area contributed by atoms with Crippen molar-refractivity contribution in [2.24, 2.45) is 0 Å². The van der Waals surface area contributed by atoms with Gasteiger partial charge in [0, 0.05) is 20.3 Å². The third-order valence-electron chi connectivity index (χ3n) is 2.67. The summed E-state index contributed by atoms with van der Waals surface area (Å²) in [5, 5.41) is 3.20. The molecule has 0 heterocycles. The van der Waals surface area contributed by atoms with Crippen molar-refractivity contribution in [2.45, 2.75) is 19.8 Å². The molecule has 0 aliphatic carbocycles. The Bertz CT molecular complexity index is 408. The molecule has 19 heavy (non-hydrogen) atoms. The molecule has 0 saturated heterocycles. The summed E-state index contributed by atoms with van der Waals surface area (Å²) < 4.78 is 10.00. The smallest absolute Gasteiger partial charge is 0.340 e. The molecule has 0 bridgehead atoms. The first kappa shape index (κ1) is 15.3. The van der Waals surface area contributed by atoms with Gasteiger partial charge in [-0.25, -0.2) is 4.79 Å². The van der Waals surface area contributed by atoms with E-state index in [2.05, 4.69) is 5.32 Å². The molecule has 1 rings (SSSR count). The van der Waals surface area contributed by atoms with Crippen LogP contribution in [0.1, 0.15) is 30.1 Å². The molecule has 1 aromatic rings. The Balaban J connectivity index is 2.67. The molecule has 0 spiro atoms. The Morgan fingerprint density at radius 2 is 2.16 bits per heavy atom. The predicted molar refractivity (Wildman–Crippen MR) is 76.4 cm³/mol. The molecule has 0 unspecified atom stereocenters. The van der Waals surface area contributed by atoms with Gasteiger partial charge in [-0.15, -0.1) is 0 Å². The number of nitrogens with one attached hydrogen (secondary N) is 1. The summed E-state index contributed by atoms with van der Waals surface area (Å²) in [5.74, 6) is -0.353. The highest BCUT2D eigenvalue weighted by molar-refractivity contribution is 5.98. The minimum atomic E-state index is -0.353. The number of ether oxygens (including phenoxy) is 2. The highest BCUT2D eigenvalue weighted by Crippen LogP contribution is 2.24. The highest BCUT2D eigenvalue weighted by atomic mass is 16.5. The van der Waals surface area contributed by atoms with Gasteiger partial charge in [0.1, 0.15) is 0 Å². The summed E-state index contributed by atoms with van der Waals surface area (Å²) in [4.78, 5) is 11.8. The van der Waals surface area contributed by atoms with Crippen LogP contribution in [0.2, 0.25) is 0 Å². The van der Waals surface area contributed by atoms with Gasteiger partial charge in [0.15, 0.2) is 0 Å². The van der Waals surface area contributed by atoms with Crippen LogP contribution in [-0.4, -0.2) is 32.8 Å². The summed E-state index contributed by atoms with van der Waals surface area (Å²) >= 11 is 0. The van der Waals surface area contributed by atoms with Gasteiger partial charge in [0.2, 0.25) is 0 Å². The number of carbonyl (C=O) groups is 1. The summed E-state index contributed by atoms with van der Waals surface area (Å²) in [6, 6.07) is 5.23. The molecule has 0 aliphatic heterocycles. The van der Waals surface area contributed by atoms with Gasteiger partial charge in [0.05, 0.1) is 23.5 Å². The standard InChI is InChI=1S/C14H22N2O3/c1-3-19-14(17)11-7-6-8-12(15)13(11)16-9-4-5-10-18-2/h6-8,16H,3-5,9-10,15H2,1-2H3. The number of rotatable bonds is 8. The molecule has 1 aromatic carbocycles. The quantitative estimate of drug-likeness (QED) is 0.429. The molecule has 0 aromatic heterocycles. The van der Waals surface area contributed by atoms with E-state index in [1.54, 1.807) is 32.2 Å². The predicted octanol–water partition coefficient (Wildman–Crippen LogP) is 2.28. The van der Waals surface area contributed by atoms with E-state index in [0.717, 1.165) is 26.0 Å². The zero-order chi connectivity index (χ0) is 14.1. The summed E-state index contributed by atoms with van der Waals surface area (Å²) in [6.45, 7) is 3.60. The lowest BCUT2D eigenvalue weighted by atomic mass is 10.1. The zero-order valence-corrected chi connectivity index (χ0v) is 11.6. The van der Waals surface area contributed by atoms with Crippen LogP contribution in [0.5, 0.6) is 0 Å². The first-order valence-corrected chi connectivity index (χ1v) is 6.49. The van der Waals surface area contributed by atoms with Crippen molar-refractivity contribution in [1.29, 1.82) is 0 Å². The number of hydrogen-bond acceptors (Lipinski definition) is 5. The maximum Gasteiger partial charge on any atom is 0.340 e. The van der Waals surface area contributed by atoms with Gasteiger partial charge in [0.25, 0.3) is 0 Å². The van der Waals surface area contributed by atoms with Crippen molar-refractivity contribution in [3.8, 4) is 0 Å². The van der Waals surface area contributed by atoms with Crippen LogP contribution in [0.25, 0.3) is 0 Å². The summed E-state index contributed by atoms with van der Waals surface area (Å²) in [5.41, 5.74) is 7.59. The Labute approximate surface area is 114 Å². The second-order valence-corrected chi connectivity index (χ2v) is 4.12. The fourth-order valence-electron chi connectivity index (χ4n) is 1.73. The second-order valence-electron chi connectivity index (χ2n) is 4.12. The number of anilines is 2. The van der Waals surface area contributed by atoms with Crippen molar-refractivity contribution >= 4 is 17.3 Å². The lowest BCUT2D eigenvalue weighted by Gasteiger charge is -2.13. The van der Waals surface area contributed by atoms with Gasteiger partial charge < -0.3 is 20.5 Å². The molecule has 106 valence electrons. The van der Waals surface area contributed by atoms with E-state index in [1.165, 1.54) is 0 Å². The molecule has 3 N–H and O–H groups in total. The number of unbranched alkanes of at least 4 members (excludes halogenated alkanes) is 1. The molecular formula is C14H22N2O3. The average Bonchev–Trinajstić information content (AvgIpc) is 2.40.